The van der Waals surface area contributed by atoms with Gasteiger partial charge in [0.25, 0.3) is 0 Å². The molecule has 3 nitrogen and oxygen atoms in total. The fourth-order valence-corrected chi connectivity index (χ4v) is 1.30. The molecule has 0 aliphatic rings. The summed E-state index contributed by atoms with van der Waals surface area (Å²) in [5.74, 6) is 0.678. The minimum absolute atomic E-state index is 0.678. The number of aliphatic imine (C=N–C) groups is 2. The molecule has 0 atom stereocenters. The van der Waals surface area contributed by atoms with E-state index in [-0.39, 0.29) is 0 Å². The summed E-state index contributed by atoms with van der Waals surface area (Å²) in [6.07, 6.45) is 0. The zero-order chi connectivity index (χ0) is 8.27. The summed E-state index contributed by atoms with van der Waals surface area (Å²) in [5, 5.41) is 0.912. The predicted octanol–water partition coefficient (Wildman–Crippen LogP) is 2.20. The van der Waals surface area contributed by atoms with E-state index in [2.05, 4.69) is 21.7 Å². The highest BCUT2D eigenvalue weighted by molar-refractivity contribution is 7.13. The first-order chi connectivity index (χ1) is 5.24. The van der Waals surface area contributed by atoms with Crippen molar-refractivity contribution < 1.29 is 0 Å². The summed E-state index contributed by atoms with van der Waals surface area (Å²) in [7, 11) is 0. The van der Waals surface area contributed by atoms with Gasteiger partial charge < -0.3 is 0 Å². The van der Waals surface area contributed by atoms with Crippen molar-refractivity contribution >= 4 is 28.9 Å². The molecule has 0 N–H and O–H groups in total. The third kappa shape index (κ3) is 1.94. The molecule has 0 saturated carbocycles. The second kappa shape index (κ2) is 3.39. The van der Waals surface area contributed by atoms with Gasteiger partial charge in [0.2, 0.25) is 0 Å². The van der Waals surface area contributed by atoms with E-state index in [1.54, 1.807) is 5.51 Å². The van der Waals surface area contributed by atoms with Crippen molar-refractivity contribution in [2.45, 2.75) is 13.8 Å². The Morgan fingerprint density at radius 2 is 2.45 bits per heavy atom. The molecule has 1 aromatic heterocycles. The monoisotopic (exact) mass is 167 g/mol. The van der Waals surface area contributed by atoms with Gasteiger partial charge in [-0.15, -0.1) is 11.3 Å². The van der Waals surface area contributed by atoms with Crippen LogP contribution in [-0.2, 0) is 0 Å². The zero-order valence-corrected chi connectivity index (χ0v) is 7.35. The molecule has 0 amide bonds. The highest BCUT2D eigenvalue weighted by atomic mass is 32.1. The van der Waals surface area contributed by atoms with Gasteiger partial charge in [0.1, 0.15) is 10.8 Å². The van der Waals surface area contributed by atoms with Crippen molar-refractivity contribution in [3.63, 3.8) is 0 Å². The predicted molar refractivity (Wildman–Crippen MR) is 49.2 cm³/mol. The third-order valence-electron chi connectivity index (χ3n) is 1.21. The number of hydrogen-bond donors (Lipinski definition) is 0. The van der Waals surface area contributed by atoms with Crippen molar-refractivity contribution in [2.75, 3.05) is 0 Å². The lowest BCUT2D eigenvalue weighted by molar-refractivity contribution is 1.25. The molecule has 1 aromatic rings. The highest BCUT2D eigenvalue weighted by Crippen LogP contribution is 2.22. The molecule has 0 aliphatic heterocycles. The van der Waals surface area contributed by atoms with Gasteiger partial charge >= 0.3 is 0 Å². The molecule has 0 aromatic carbocycles. The van der Waals surface area contributed by atoms with Crippen molar-refractivity contribution in [1.29, 1.82) is 0 Å². The van der Waals surface area contributed by atoms with Crippen LogP contribution in [0.15, 0.2) is 15.5 Å². The van der Waals surface area contributed by atoms with E-state index in [1.165, 1.54) is 11.3 Å². The van der Waals surface area contributed by atoms with E-state index in [9.17, 15) is 0 Å². The Bertz CT molecular complexity index is 288. The summed E-state index contributed by atoms with van der Waals surface area (Å²) < 4.78 is 0. The number of hydrogen-bond acceptors (Lipinski definition) is 3. The van der Waals surface area contributed by atoms with E-state index in [0.29, 0.717) is 5.84 Å². The average molecular weight is 167 g/mol. The van der Waals surface area contributed by atoms with Crippen LogP contribution in [0.2, 0.25) is 0 Å². The Hall–Kier alpha value is -1.03. The minimum Gasteiger partial charge on any atom is -0.249 e. The second-order valence-corrected chi connectivity index (χ2v) is 2.89. The van der Waals surface area contributed by atoms with Crippen molar-refractivity contribution in [3.8, 4) is 0 Å². The van der Waals surface area contributed by atoms with Gasteiger partial charge in [0, 0.05) is 0 Å². The lowest BCUT2D eigenvalue weighted by Crippen LogP contribution is -1.80. The molecule has 1 heterocycles. The molecule has 1 rings (SSSR count). The molecule has 0 saturated heterocycles. The molecule has 0 bridgehead atoms. The first kappa shape index (κ1) is 8.07. The molecular weight excluding hydrogens is 158 g/mol. The van der Waals surface area contributed by atoms with Crippen LogP contribution in [0, 0.1) is 6.92 Å². The summed E-state index contributed by atoms with van der Waals surface area (Å²) in [5.41, 5.74) is 2.71. The van der Waals surface area contributed by atoms with Gasteiger partial charge in [-0.2, -0.15) is 0 Å². The van der Waals surface area contributed by atoms with Crippen molar-refractivity contribution in [2.24, 2.45) is 9.98 Å². The van der Waals surface area contributed by atoms with E-state index in [4.69, 9.17) is 0 Å². The van der Waals surface area contributed by atoms with Gasteiger partial charge in [-0.3, -0.25) is 0 Å². The summed E-state index contributed by atoms with van der Waals surface area (Å²) in [4.78, 5) is 11.9. The quantitative estimate of drug-likeness (QED) is 0.466. The van der Waals surface area contributed by atoms with Crippen LogP contribution >= 0.6 is 11.3 Å². The lowest BCUT2D eigenvalue weighted by Gasteiger charge is -1.89. The van der Waals surface area contributed by atoms with Crippen LogP contribution in [0.1, 0.15) is 12.6 Å². The molecular formula is C7H9N3S. The molecule has 0 radical (unpaired) electrons. The van der Waals surface area contributed by atoms with Crippen LogP contribution in [0.5, 0.6) is 0 Å². The van der Waals surface area contributed by atoms with E-state index in [0.717, 1.165) is 10.7 Å². The Kier molecular flexibility index (Phi) is 2.48. The van der Waals surface area contributed by atoms with Crippen molar-refractivity contribution in [1.82, 2.24) is 4.98 Å². The van der Waals surface area contributed by atoms with Gasteiger partial charge in [-0.25, -0.2) is 15.0 Å². The van der Waals surface area contributed by atoms with Crippen LogP contribution in [0.25, 0.3) is 0 Å². The first-order valence-electron chi connectivity index (χ1n) is 3.16. The average Bonchev–Trinajstić information content (AvgIpc) is 2.37. The number of amidine groups is 1. The highest BCUT2D eigenvalue weighted by Gasteiger charge is 1.97. The Morgan fingerprint density at radius 3 is 2.91 bits per heavy atom. The van der Waals surface area contributed by atoms with Gasteiger partial charge in [-0.1, -0.05) is 0 Å². The maximum atomic E-state index is 4.18. The zero-order valence-electron chi connectivity index (χ0n) is 6.53. The van der Waals surface area contributed by atoms with E-state index >= 15 is 0 Å². The maximum absolute atomic E-state index is 4.18. The number of thiazole rings is 1. The minimum atomic E-state index is 0.678. The molecule has 4 heteroatoms. The Labute approximate surface area is 69.5 Å². The third-order valence-corrected chi connectivity index (χ3v) is 2.03. The summed E-state index contributed by atoms with van der Waals surface area (Å²) in [6.45, 7) is 7.11. The largest absolute Gasteiger partial charge is 0.249 e. The smallest absolute Gasteiger partial charge is 0.140 e. The van der Waals surface area contributed by atoms with Crippen LogP contribution in [-0.4, -0.2) is 17.5 Å². The standard InChI is InChI=1S/C7H9N3S/c1-5-7(11-4-9-5)10-6(2)8-3/h4H,3H2,1-2H3. The maximum Gasteiger partial charge on any atom is 0.140 e. The SMILES string of the molecule is C=NC(C)=Nc1scnc1C. The fraction of sp³-hybridized carbons (Fsp3) is 0.286. The number of aromatic nitrogens is 1. The van der Waals surface area contributed by atoms with Crippen LogP contribution in [0.4, 0.5) is 5.00 Å². The molecule has 0 aliphatic carbocycles. The van der Waals surface area contributed by atoms with Gasteiger partial charge in [0.15, 0.2) is 0 Å². The van der Waals surface area contributed by atoms with E-state index in [1.807, 2.05) is 13.8 Å². The summed E-state index contributed by atoms with van der Waals surface area (Å²) in [6, 6.07) is 0. The van der Waals surface area contributed by atoms with Crippen LogP contribution < -0.4 is 0 Å². The Balaban J connectivity index is 2.94. The van der Waals surface area contributed by atoms with Gasteiger partial charge in [0.05, 0.1) is 11.2 Å². The molecule has 11 heavy (non-hydrogen) atoms. The lowest BCUT2D eigenvalue weighted by atomic mass is 10.5. The van der Waals surface area contributed by atoms with Crippen molar-refractivity contribution in [3.05, 3.63) is 11.2 Å². The summed E-state index contributed by atoms with van der Waals surface area (Å²) >= 11 is 1.51. The molecule has 0 fully saturated rings. The number of rotatable bonds is 1. The van der Waals surface area contributed by atoms with Crippen LogP contribution in [0.3, 0.4) is 0 Å². The van der Waals surface area contributed by atoms with E-state index < -0.39 is 0 Å². The first-order valence-corrected chi connectivity index (χ1v) is 4.04. The second-order valence-electron chi connectivity index (χ2n) is 2.06. The normalized spacial score (nSPS) is 11.6. The van der Waals surface area contributed by atoms with Gasteiger partial charge in [-0.05, 0) is 20.6 Å². The Morgan fingerprint density at radius 1 is 1.73 bits per heavy atom. The fourth-order valence-electron chi connectivity index (χ4n) is 0.585. The molecule has 0 unspecified atom stereocenters. The number of nitrogens with zero attached hydrogens (tertiary/aromatic N) is 3. The number of aryl methyl sites for hydroxylation is 1. The topological polar surface area (TPSA) is 37.6 Å². The molecule has 58 valence electrons. The molecule has 0 spiro atoms.